The highest BCUT2D eigenvalue weighted by Gasteiger charge is 2.57. The van der Waals surface area contributed by atoms with Crippen molar-refractivity contribution in [3.05, 3.63) is 0 Å². The first kappa shape index (κ1) is 11.0. The molecule has 2 unspecified atom stereocenters. The van der Waals surface area contributed by atoms with Crippen LogP contribution in [-0.2, 0) is 0 Å². The summed E-state index contributed by atoms with van der Waals surface area (Å²) < 4.78 is 0. The van der Waals surface area contributed by atoms with Crippen LogP contribution in [0.4, 0.5) is 0 Å². The van der Waals surface area contributed by atoms with Crippen molar-refractivity contribution in [3.8, 4) is 0 Å². The summed E-state index contributed by atoms with van der Waals surface area (Å²) in [6.45, 7) is 8.99. The van der Waals surface area contributed by atoms with Crippen molar-refractivity contribution in [1.82, 2.24) is 0 Å². The highest BCUT2D eigenvalue weighted by Crippen LogP contribution is 2.61. The Kier molecular flexibility index (Phi) is 2.50. The molecule has 1 fully saturated rings. The molecule has 0 amide bonds. The van der Waals surface area contributed by atoms with Crippen molar-refractivity contribution in [2.45, 2.75) is 40.5 Å². The van der Waals surface area contributed by atoms with E-state index in [0.717, 1.165) is 12.8 Å². The second-order valence-corrected chi connectivity index (χ2v) is 5.56. The second-order valence-electron chi connectivity index (χ2n) is 5.56. The minimum atomic E-state index is -0.0372. The summed E-state index contributed by atoms with van der Waals surface area (Å²) >= 11 is 0. The third-order valence-electron chi connectivity index (χ3n) is 4.94. The van der Waals surface area contributed by atoms with Gasteiger partial charge >= 0.3 is 0 Å². The van der Waals surface area contributed by atoms with Gasteiger partial charge in [-0.05, 0) is 29.1 Å². The van der Waals surface area contributed by atoms with Gasteiger partial charge in [0.15, 0.2) is 0 Å². The molecule has 2 heteroatoms. The molecule has 0 spiro atoms. The molecule has 0 aromatic heterocycles. The number of aliphatic hydroxyl groups is 2. The van der Waals surface area contributed by atoms with E-state index in [1.165, 1.54) is 0 Å². The molecule has 0 saturated heterocycles. The Morgan fingerprint density at radius 3 is 1.31 bits per heavy atom. The lowest BCUT2D eigenvalue weighted by atomic mass is 9.60. The first-order chi connectivity index (χ1) is 5.83. The van der Waals surface area contributed by atoms with Gasteiger partial charge in [0.05, 0.1) is 0 Å². The summed E-state index contributed by atoms with van der Waals surface area (Å²) in [4.78, 5) is 0. The van der Waals surface area contributed by atoms with E-state index in [2.05, 4.69) is 27.7 Å². The minimum absolute atomic E-state index is 0.00347. The Hall–Kier alpha value is -0.0800. The maximum absolute atomic E-state index is 9.41. The summed E-state index contributed by atoms with van der Waals surface area (Å²) in [5.41, 5.74) is -0.0710. The van der Waals surface area contributed by atoms with E-state index in [4.69, 9.17) is 0 Å². The fourth-order valence-corrected chi connectivity index (χ4v) is 2.46. The van der Waals surface area contributed by atoms with Crippen LogP contribution in [0, 0.1) is 16.2 Å². The molecule has 2 atom stereocenters. The standard InChI is InChI=1S/C11H22O2/c1-9(2)10(3,7-12)5-6-11(9,4)8-13/h12-13H,5-8H2,1-4H3. The molecule has 1 saturated carbocycles. The molecular weight excluding hydrogens is 164 g/mol. The van der Waals surface area contributed by atoms with Crippen LogP contribution in [0.5, 0.6) is 0 Å². The van der Waals surface area contributed by atoms with Gasteiger partial charge in [0.25, 0.3) is 0 Å². The molecule has 0 heterocycles. The lowest BCUT2D eigenvalue weighted by Crippen LogP contribution is -2.44. The summed E-state index contributed by atoms with van der Waals surface area (Å²) in [7, 11) is 0. The van der Waals surface area contributed by atoms with Crippen molar-refractivity contribution >= 4 is 0 Å². The fraction of sp³-hybridized carbons (Fsp3) is 1.00. The van der Waals surface area contributed by atoms with Crippen molar-refractivity contribution in [3.63, 3.8) is 0 Å². The summed E-state index contributed by atoms with van der Waals surface area (Å²) in [6, 6.07) is 0. The van der Waals surface area contributed by atoms with E-state index >= 15 is 0 Å². The maximum atomic E-state index is 9.41. The average Bonchev–Trinajstić information content (AvgIpc) is 2.28. The second kappa shape index (κ2) is 2.96. The molecule has 13 heavy (non-hydrogen) atoms. The smallest absolute Gasteiger partial charge is 0.0490 e. The number of aliphatic hydroxyl groups excluding tert-OH is 2. The predicted octanol–water partition coefficient (Wildman–Crippen LogP) is 1.80. The van der Waals surface area contributed by atoms with Gasteiger partial charge in [-0.15, -0.1) is 0 Å². The third-order valence-corrected chi connectivity index (χ3v) is 4.94. The number of rotatable bonds is 2. The van der Waals surface area contributed by atoms with Crippen molar-refractivity contribution in [1.29, 1.82) is 0 Å². The molecule has 0 aliphatic heterocycles. The van der Waals surface area contributed by atoms with Crippen LogP contribution in [0.1, 0.15) is 40.5 Å². The minimum Gasteiger partial charge on any atom is -0.396 e. The van der Waals surface area contributed by atoms with Crippen molar-refractivity contribution in [2.24, 2.45) is 16.2 Å². The Bertz CT molecular complexity index is 180. The third kappa shape index (κ3) is 1.23. The molecule has 0 radical (unpaired) electrons. The molecule has 1 aliphatic rings. The van der Waals surface area contributed by atoms with Crippen LogP contribution < -0.4 is 0 Å². The monoisotopic (exact) mass is 186 g/mol. The van der Waals surface area contributed by atoms with Crippen LogP contribution in [-0.4, -0.2) is 23.4 Å². The van der Waals surface area contributed by atoms with Gasteiger partial charge in [-0.3, -0.25) is 0 Å². The average molecular weight is 186 g/mol. The molecule has 0 aromatic carbocycles. The van der Waals surface area contributed by atoms with Gasteiger partial charge in [0.2, 0.25) is 0 Å². The molecule has 2 nitrogen and oxygen atoms in total. The lowest BCUT2D eigenvalue weighted by molar-refractivity contribution is -0.0386. The van der Waals surface area contributed by atoms with E-state index in [1.54, 1.807) is 0 Å². The van der Waals surface area contributed by atoms with Gasteiger partial charge in [-0.2, -0.15) is 0 Å². The van der Waals surface area contributed by atoms with Crippen molar-refractivity contribution in [2.75, 3.05) is 13.2 Å². The van der Waals surface area contributed by atoms with E-state index in [0.29, 0.717) is 0 Å². The zero-order chi connectivity index (χ0) is 10.3. The molecule has 0 bridgehead atoms. The first-order valence-electron chi connectivity index (χ1n) is 5.05. The fourth-order valence-electron chi connectivity index (χ4n) is 2.46. The summed E-state index contributed by atoms with van der Waals surface area (Å²) in [5, 5.41) is 18.8. The Morgan fingerprint density at radius 2 is 1.15 bits per heavy atom. The van der Waals surface area contributed by atoms with Crippen LogP contribution in [0.15, 0.2) is 0 Å². The zero-order valence-electron chi connectivity index (χ0n) is 9.22. The molecule has 78 valence electrons. The number of hydrogen-bond donors (Lipinski definition) is 2. The van der Waals surface area contributed by atoms with E-state index in [9.17, 15) is 10.2 Å². The quantitative estimate of drug-likeness (QED) is 0.690. The molecule has 1 aliphatic carbocycles. The zero-order valence-corrected chi connectivity index (χ0v) is 9.22. The topological polar surface area (TPSA) is 40.5 Å². The van der Waals surface area contributed by atoms with Gasteiger partial charge < -0.3 is 10.2 Å². The Labute approximate surface area is 81.0 Å². The SMILES string of the molecule is CC1(CO)CCC(C)(CO)C1(C)C. The lowest BCUT2D eigenvalue weighted by Gasteiger charge is -2.46. The van der Waals surface area contributed by atoms with E-state index in [-0.39, 0.29) is 29.5 Å². The highest BCUT2D eigenvalue weighted by atomic mass is 16.3. The molecule has 0 aromatic rings. The van der Waals surface area contributed by atoms with Crippen LogP contribution in [0.2, 0.25) is 0 Å². The van der Waals surface area contributed by atoms with Crippen LogP contribution in [0.3, 0.4) is 0 Å². The molecule has 2 N–H and O–H groups in total. The van der Waals surface area contributed by atoms with Gasteiger partial charge in [0, 0.05) is 13.2 Å². The molecular formula is C11H22O2. The predicted molar refractivity (Wildman–Crippen MR) is 53.4 cm³/mol. The van der Waals surface area contributed by atoms with E-state index < -0.39 is 0 Å². The summed E-state index contributed by atoms with van der Waals surface area (Å²) in [5.74, 6) is 0. The van der Waals surface area contributed by atoms with Crippen molar-refractivity contribution < 1.29 is 10.2 Å². The largest absolute Gasteiger partial charge is 0.396 e. The summed E-state index contributed by atoms with van der Waals surface area (Å²) in [6.07, 6.45) is 2.02. The number of hydrogen-bond acceptors (Lipinski definition) is 2. The normalized spacial score (nSPS) is 43.8. The van der Waals surface area contributed by atoms with E-state index in [1.807, 2.05) is 0 Å². The van der Waals surface area contributed by atoms with Crippen LogP contribution >= 0.6 is 0 Å². The van der Waals surface area contributed by atoms with Gasteiger partial charge in [-0.1, -0.05) is 27.7 Å². The highest BCUT2D eigenvalue weighted by molar-refractivity contribution is 5.06. The van der Waals surface area contributed by atoms with Gasteiger partial charge in [-0.25, -0.2) is 0 Å². The molecule has 1 rings (SSSR count). The first-order valence-corrected chi connectivity index (χ1v) is 5.05. The maximum Gasteiger partial charge on any atom is 0.0490 e. The van der Waals surface area contributed by atoms with Gasteiger partial charge in [0.1, 0.15) is 0 Å². The Balaban J connectivity index is 3.02. The Morgan fingerprint density at radius 1 is 0.846 bits per heavy atom. The van der Waals surface area contributed by atoms with Crippen LogP contribution in [0.25, 0.3) is 0 Å².